The molecular formula is C18H16N2O2S. The van der Waals surface area contributed by atoms with Crippen LogP contribution in [0.5, 0.6) is 5.75 Å². The standard InChI is InChI=1S/C18H16N2O2S/c1-12-5-3-6-13(9-12)10-16-17(22)20(2)18(23-16)19-14-7-4-8-15(21)11-14/h3-11,21H,1-2H3/b16-10-,19-18?. The van der Waals surface area contributed by atoms with Gasteiger partial charge in [-0.1, -0.05) is 35.9 Å². The van der Waals surface area contributed by atoms with Crippen LogP contribution < -0.4 is 0 Å². The summed E-state index contributed by atoms with van der Waals surface area (Å²) >= 11 is 1.33. The minimum atomic E-state index is -0.0737. The molecule has 0 spiro atoms. The molecule has 1 fully saturated rings. The number of aliphatic imine (C=N–C) groups is 1. The fraction of sp³-hybridized carbons (Fsp3) is 0.111. The second-order valence-electron chi connectivity index (χ2n) is 5.30. The first-order chi connectivity index (χ1) is 11.0. The Kier molecular flexibility index (Phi) is 4.21. The molecule has 0 saturated carbocycles. The van der Waals surface area contributed by atoms with E-state index in [4.69, 9.17) is 0 Å². The molecule has 2 aromatic rings. The van der Waals surface area contributed by atoms with Crippen LogP contribution in [0.15, 0.2) is 58.4 Å². The summed E-state index contributed by atoms with van der Waals surface area (Å²) < 4.78 is 0. The predicted octanol–water partition coefficient (Wildman–Crippen LogP) is 3.93. The number of hydrogen-bond acceptors (Lipinski definition) is 4. The zero-order valence-electron chi connectivity index (χ0n) is 12.9. The van der Waals surface area contributed by atoms with Gasteiger partial charge in [-0.2, -0.15) is 0 Å². The summed E-state index contributed by atoms with van der Waals surface area (Å²) in [6.45, 7) is 2.02. The van der Waals surface area contributed by atoms with Gasteiger partial charge in [0.1, 0.15) is 5.75 Å². The van der Waals surface area contributed by atoms with E-state index in [1.165, 1.54) is 16.7 Å². The van der Waals surface area contributed by atoms with E-state index in [-0.39, 0.29) is 11.7 Å². The number of nitrogens with zero attached hydrogens (tertiary/aromatic N) is 2. The number of benzene rings is 2. The number of likely N-dealkylation sites (N-methyl/N-ethyl adjacent to an activating group) is 1. The van der Waals surface area contributed by atoms with E-state index in [2.05, 4.69) is 4.99 Å². The zero-order valence-corrected chi connectivity index (χ0v) is 13.7. The molecule has 1 N–H and O–H groups in total. The first-order valence-electron chi connectivity index (χ1n) is 7.15. The van der Waals surface area contributed by atoms with Crippen LogP contribution in [0.4, 0.5) is 5.69 Å². The summed E-state index contributed by atoms with van der Waals surface area (Å²) in [4.78, 5) is 19.0. The van der Waals surface area contributed by atoms with E-state index in [0.29, 0.717) is 15.8 Å². The van der Waals surface area contributed by atoms with Gasteiger partial charge in [0.15, 0.2) is 5.17 Å². The molecule has 23 heavy (non-hydrogen) atoms. The van der Waals surface area contributed by atoms with E-state index in [9.17, 15) is 9.90 Å². The molecular weight excluding hydrogens is 308 g/mol. The lowest BCUT2D eigenvalue weighted by Gasteiger charge is -2.07. The third-order valence-electron chi connectivity index (χ3n) is 3.40. The Morgan fingerprint density at radius 2 is 1.96 bits per heavy atom. The quantitative estimate of drug-likeness (QED) is 0.852. The van der Waals surface area contributed by atoms with Gasteiger partial charge in [-0.15, -0.1) is 0 Å². The summed E-state index contributed by atoms with van der Waals surface area (Å²) in [6, 6.07) is 14.7. The lowest BCUT2D eigenvalue weighted by atomic mass is 10.1. The van der Waals surface area contributed by atoms with Gasteiger partial charge >= 0.3 is 0 Å². The lowest BCUT2D eigenvalue weighted by Crippen LogP contribution is -2.23. The number of aryl methyl sites for hydroxylation is 1. The van der Waals surface area contributed by atoms with Crippen molar-refractivity contribution in [2.75, 3.05) is 7.05 Å². The number of rotatable bonds is 2. The number of carbonyl (C=O) groups is 1. The van der Waals surface area contributed by atoms with E-state index in [0.717, 1.165) is 11.1 Å². The van der Waals surface area contributed by atoms with Crippen molar-refractivity contribution in [2.24, 2.45) is 4.99 Å². The largest absolute Gasteiger partial charge is 0.508 e. The van der Waals surface area contributed by atoms with Gasteiger partial charge in [0.05, 0.1) is 10.6 Å². The van der Waals surface area contributed by atoms with Gasteiger partial charge in [0, 0.05) is 13.1 Å². The molecule has 5 heteroatoms. The Morgan fingerprint density at radius 3 is 2.70 bits per heavy atom. The van der Waals surface area contributed by atoms with Crippen molar-refractivity contribution < 1.29 is 9.90 Å². The Bertz CT molecular complexity index is 827. The van der Waals surface area contributed by atoms with E-state index in [1.807, 2.05) is 37.3 Å². The molecule has 0 atom stereocenters. The number of amides is 1. The fourth-order valence-corrected chi connectivity index (χ4v) is 3.22. The number of phenols is 1. The molecule has 0 bridgehead atoms. The molecule has 116 valence electrons. The average molecular weight is 324 g/mol. The molecule has 1 amide bonds. The van der Waals surface area contributed by atoms with E-state index >= 15 is 0 Å². The van der Waals surface area contributed by atoms with Crippen LogP contribution in [0.2, 0.25) is 0 Å². The smallest absolute Gasteiger partial charge is 0.266 e. The molecule has 0 aliphatic carbocycles. The topological polar surface area (TPSA) is 52.9 Å². The second-order valence-corrected chi connectivity index (χ2v) is 6.31. The third kappa shape index (κ3) is 3.46. The Labute approximate surface area is 139 Å². The van der Waals surface area contributed by atoms with Crippen LogP contribution in [-0.4, -0.2) is 28.1 Å². The summed E-state index contributed by atoms with van der Waals surface area (Å²) in [5, 5.41) is 10.1. The molecule has 3 rings (SSSR count). The Morgan fingerprint density at radius 1 is 1.17 bits per heavy atom. The van der Waals surface area contributed by atoms with E-state index in [1.54, 1.807) is 31.3 Å². The third-order valence-corrected chi connectivity index (χ3v) is 4.46. The number of amidine groups is 1. The van der Waals surface area contributed by atoms with Gasteiger partial charge in [0.2, 0.25) is 0 Å². The molecule has 1 saturated heterocycles. The van der Waals surface area contributed by atoms with Crippen LogP contribution >= 0.6 is 11.8 Å². The van der Waals surface area contributed by atoms with Crippen molar-refractivity contribution in [3.05, 3.63) is 64.6 Å². The number of carbonyl (C=O) groups excluding carboxylic acids is 1. The van der Waals surface area contributed by atoms with Gasteiger partial charge in [-0.05, 0) is 42.5 Å². The van der Waals surface area contributed by atoms with Crippen molar-refractivity contribution >= 4 is 34.6 Å². The summed E-state index contributed by atoms with van der Waals surface area (Å²) in [7, 11) is 1.70. The lowest BCUT2D eigenvalue weighted by molar-refractivity contribution is -0.121. The van der Waals surface area contributed by atoms with Crippen molar-refractivity contribution in [3.8, 4) is 5.75 Å². The number of phenolic OH excluding ortho intramolecular Hbond substituents is 1. The molecule has 2 aromatic carbocycles. The normalized spacial score (nSPS) is 18.2. The van der Waals surface area contributed by atoms with Gasteiger partial charge < -0.3 is 5.11 Å². The van der Waals surface area contributed by atoms with Crippen LogP contribution in [0.25, 0.3) is 6.08 Å². The summed E-state index contributed by atoms with van der Waals surface area (Å²) in [5.74, 6) is 0.0785. The van der Waals surface area contributed by atoms with Crippen LogP contribution in [-0.2, 0) is 4.79 Å². The number of aromatic hydroxyl groups is 1. The Balaban J connectivity index is 1.91. The maximum atomic E-state index is 12.4. The molecule has 1 aliphatic heterocycles. The van der Waals surface area contributed by atoms with Crippen molar-refractivity contribution in [2.45, 2.75) is 6.92 Å². The second kappa shape index (κ2) is 6.30. The fourth-order valence-electron chi connectivity index (χ4n) is 2.24. The highest BCUT2D eigenvalue weighted by atomic mass is 32.2. The molecule has 0 unspecified atom stereocenters. The highest BCUT2D eigenvalue weighted by Crippen LogP contribution is 2.33. The molecule has 4 nitrogen and oxygen atoms in total. The van der Waals surface area contributed by atoms with Crippen molar-refractivity contribution in [1.82, 2.24) is 4.90 Å². The monoisotopic (exact) mass is 324 g/mol. The van der Waals surface area contributed by atoms with Crippen LogP contribution in [0, 0.1) is 6.92 Å². The minimum absolute atomic E-state index is 0.0737. The highest BCUT2D eigenvalue weighted by molar-refractivity contribution is 8.18. The maximum absolute atomic E-state index is 12.4. The van der Waals surface area contributed by atoms with E-state index < -0.39 is 0 Å². The Hall–Kier alpha value is -2.53. The first kappa shape index (κ1) is 15.4. The van der Waals surface area contributed by atoms with Crippen molar-refractivity contribution in [1.29, 1.82) is 0 Å². The van der Waals surface area contributed by atoms with Gasteiger partial charge in [-0.25, -0.2) is 4.99 Å². The summed E-state index contributed by atoms with van der Waals surface area (Å²) in [6.07, 6.45) is 1.88. The molecule has 1 aliphatic rings. The number of hydrogen-bond donors (Lipinski definition) is 1. The molecule has 1 heterocycles. The highest BCUT2D eigenvalue weighted by Gasteiger charge is 2.30. The predicted molar refractivity (Wildman–Crippen MR) is 94.7 cm³/mol. The van der Waals surface area contributed by atoms with Crippen LogP contribution in [0.1, 0.15) is 11.1 Å². The first-order valence-corrected chi connectivity index (χ1v) is 7.96. The minimum Gasteiger partial charge on any atom is -0.508 e. The average Bonchev–Trinajstić information content (AvgIpc) is 2.76. The van der Waals surface area contributed by atoms with Crippen LogP contribution in [0.3, 0.4) is 0 Å². The SMILES string of the molecule is Cc1cccc(/C=C2\SC(=Nc3cccc(O)c3)N(C)C2=O)c1. The zero-order chi connectivity index (χ0) is 16.4. The maximum Gasteiger partial charge on any atom is 0.266 e. The van der Waals surface area contributed by atoms with Crippen molar-refractivity contribution in [3.63, 3.8) is 0 Å². The molecule has 0 aromatic heterocycles. The van der Waals surface area contributed by atoms with Gasteiger partial charge in [-0.3, -0.25) is 9.69 Å². The molecule has 0 radical (unpaired) electrons. The number of thioether (sulfide) groups is 1. The summed E-state index contributed by atoms with van der Waals surface area (Å²) in [5.41, 5.74) is 2.76. The van der Waals surface area contributed by atoms with Gasteiger partial charge in [0.25, 0.3) is 5.91 Å².